The second-order valence-corrected chi connectivity index (χ2v) is 3.72. The third-order valence-electron chi connectivity index (χ3n) is 2.28. The van der Waals surface area contributed by atoms with E-state index in [0.717, 1.165) is 4.68 Å². The fourth-order valence-electron chi connectivity index (χ4n) is 1.30. The first-order valence-corrected chi connectivity index (χ1v) is 5.48. The Labute approximate surface area is 109 Å². The van der Waals surface area contributed by atoms with Crippen LogP contribution in [0.25, 0.3) is 0 Å². The molecule has 19 heavy (non-hydrogen) atoms. The third-order valence-corrected chi connectivity index (χ3v) is 2.28. The minimum absolute atomic E-state index is 0.107. The number of ether oxygens (including phenoxy) is 2. The summed E-state index contributed by atoms with van der Waals surface area (Å²) in [6.07, 6.45) is 0.949. The van der Waals surface area contributed by atoms with E-state index in [2.05, 4.69) is 15.6 Å². The molecule has 0 saturated carbocycles. The minimum atomic E-state index is -1.19. The summed E-state index contributed by atoms with van der Waals surface area (Å²) in [5, 5.41) is 18.2. The average Bonchev–Trinajstić information content (AvgIpc) is 2.83. The van der Waals surface area contributed by atoms with E-state index in [1.54, 1.807) is 0 Å². The highest BCUT2D eigenvalue weighted by Gasteiger charge is 2.12. The summed E-state index contributed by atoms with van der Waals surface area (Å²) in [5.74, 6) is -1.51. The van der Waals surface area contributed by atoms with Crippen LogP contribution in [0.5, 0.6) is 0 Å². The molecule has 0 aromatic carbocycles. The van der Waals surface area contributed by atoms with Gasteiger partial charge in [-0.2, -0.15) is 0 Å². The summed E-state index contributed by atoms with van der Waals surface area (Å²) >= 11 is 0. The summed E-state index contributed by atoms with van der Waals surface area (Å²) < 4.78 is 11.1. The molecule has 9 nitrogen and oxygen atoms in total. The number of hydrogen-bond acceptors (Lipinski definition) is 6. The zero-order valence-corrected chi connectivity index (χ0v) is 10.7. The maximum atomic E-state index is 11.6. The van der Waals surface area contributed by atoms with E-state index < -0.39 is 5.97 Å². The summed E-state index contributed by atoms with van der Waals surface area (Å²) in [6.45, 7) is 0.552. The van der Waals surface area contributed by atoms with E-state index in [0.29, 0.717) is 13.2 Å². The van der Waals surface area contributed by atoms with Gasteiger partial charge in [-0.05, 0) is 0 Å². The Hall–Kier alpha value is -2.00. The number of amides is 1. The van der Waals surface area contributed by atoms with E-state index in [1.807, 2.05) is 0 Å². The van der Waals surface area contributed by atoms with E-state index in [1.165, 1.54) is 20.4 Å². The van der Waals surface area contributed by atoms with Crippen LogP contribution in [0.3, 0.4) is 0 Å². The van der Waals surface area contributed by atoms with Crippen molar-refractivity contribution in [1.82, 2.24) is 20.3 Å². The quantitative estimate of drug-likeness (QED) is 0.607. The Balaban J connectivity index is 2.39. The largest absolute Gasteiger partial charge is 0.476 e. The molecule has 9 heteroatoms. The van der Waals surface area contributed by atoms with Crippen LogP contribution >= 0.6 is 0 Å². The van der Waals surface area contributed by atoms with Crippen molar-refractivity contribution >= 4 is 11.9 Å². The number of rotatable bonds is 8. The van der Waals surface area contributed by atoms with Crippen LogP contribution in [0, 0.1) is 0 Å². The van der Waals surface area contributed by atoms with E-state index in [9.17, 15) is 9.59 Å². The lowest BCUT2D eigenvalue weighted by atomic mass is 10.3. The highest BCUT2D eigenvalue weighted by Crippen LogP contribution is 1.93. The molecular weight excluding hydrogens is 256 g/mol. The molecule has 1 aromatic heterocycles. The predicted molar refractivity (Wildman–Crippen MR) is 62.7 cm³/mol. The van der Waals surface area contributed by atoms with Crippen molar-refractivity contribution in [3.8, 4) is 0 Å². The molecule has 1 rings (SSSR count). The number of aromatic carboxylic acids is 1. The van der Waals surface area contributed by atoms with Crippen molar-refractivity contribution in [3.63, 3.8) is 0 Å². The van der Waals surface area contributed by atoms with E-state index in [-0.39, 0.29) is 24.2 Å². The van der Waals surface area contributed by atoms with Crippen LogP contribution in [0.15, 0.2) is 6.20 Å². The number of carboxylic acid groups (broad SMARTS) is 1. The van der Waals surface area contributed by atoms with Crippen LogP contribution in [0.1, 0.15) is 10.5 Å². The van der Waals surface area contributed by atoms with Crippen LogP contribution in [-0.2, 0) is 20.8 Å². The monoisotopic (exact) mass is 272 g/mol. The minimum Gasteiger partial charge on any atom is -0.476 e. The Morgan fingerprint density at radius 1 is 1.53 bits per heavy atom. The molecular formula is C10H16N4O5. The number of hydrogen-bond donors (Lipinski definition) is 2. The second kappa shape index (κ2) is 7.44. The molecule has 0 spiro atoms. The lowest BCUT2D eigenvalue weighted by Gasteiger charge is -2.14. The number of carbonyl (C=O) groups is 2. The van der Waals surface area contributed by atoms with Crippen LogP contribution in [0.2, 0.25) is 0 Å². The molecule has 1 unspecified atom stereocenters. The van der Waals surface area contributed by atoms with Gasteiger partial charge in [0.05, 0.1) is 18.9 Å². The Kier molecular flexibility index (Phi) is 5.90. The SMILES string of the molecule is COCC(CNC(=O)Cn1cc(C(=O)O)nn1)OC. The van der Waals surface area contributed by atoms with Gasteiger partial charge in [0.25, 0.3) is 0 Å². The van der Waals surface area contributed by atoms with E-state index >= 15 is 0 Å². The van der Waals surface area contributed by atoms with Crippen LogP contribution < -0.4 is 5.32 Å². The molecule has 0 radical (unpaired) electrons. The van der Waals surface area contributed by atoms with Crippen molar-refractivity contribution in [2.24, 2.45) is 0 Å². The first kappa shape index (κ1) is 15.1. The maximum absolute atomic E-state index is 11.6. The first-order chi connectivity index (χ1) is 9.06. The fraction of sp³-hybridized carbons (Fsp3) is 0.600. The van der Waals surface area contributed by atoms with E-state index in [4.69, 9.17) is 14.6 Å². The van der Waals surface area contributed by atoms with Gasteiger partial charge in [0.1, 0.15) is 6.54 Å². The molecule has 106 valence electrons. The second-order valence-electron chi connectivity index (χ2n) is 3.72. The topological polar surface area (TPSA) is 116 Å². The van der Waals surface area contributed by atoms with Crippen LogP contribution in [-0.4, -0.2) is 65.5 Å². The highest BCUT2D eigenvalue weighted by molar-refractivity contribution is 5.84. The molecule has 0 saturated heterocycles. The molecule has 2 N–H and O–H groups in total. The van der Waals surface area contributed by atoms with Crippen molar-refractivity contribution < 1.29 is 24.2 Å². The number of methoxy groups -OCH3 is 2. The van der Waals surface area contributed by atoms with Gasteiger partial charge in [-0.25, -0.2) is 9.48 Å². The normalized spacial score (nSPS) is 12.1. The van der Waals surface area contributed by atoms with Crippen molar-refractivity contribution in [3.05, 3.63) is 11.9 Å². The molecule has 0 aliphatic carbocycles. The molecule has 0 aliphatic heterocycles. The van der Waals surface area contributed by atoms with Gasteiger partial charge in [0.2, 0.25) is 5.91 Å². The molecule has 0 aliphatic rings. The highest BCUT2D eigenvalue weighted by atomic mass is 16.5. The van der Waals surface area contributed by atoms with Crippen molar-refractivity contribution in [1.29, 1.82) is 0 Å². The number of nitrogens with zero attached hydrogens (tertiary/aromatic N) is 3. The smallest absolute Gasteiger partial charge is 0.358 e. The Morgan fingerprint density at radius 3 is 2.79 bits per heavy atom. The number of carbonyl (C=O) groups excluding carboxylic acids is 1. The Morgan fingerprint density at radius 2 is 2.26 bits per heavy atom. The number of nitrogens with one attached hydrogen (secondary N) is 1. The zero-order chi connectivity index (χ0) is 14.3. The van der Waals surface area contributed by atoms with Crippen LogP contribution in [0.4, 0.5) is 0 Å². The van der Waals surface area contributed by atoms with Crippen molar-refractivity contribution in [2.45, 2.75) is 12.6 Å². The fourth-order valence-corrected chi connectivity index (χ4v) is 1.30. The number of aromatic nitrogens is 3. The maximum Gasteiger partial charge on any atom is 0.358 e. The summed E-state index contributed by atoms with van der Waals surface area (Å²) in [6, 6.07) is 0. The van der Waals surface area contributed by atoms with Crippen molar-refractivity contribution in [2.75, 3.05) is 27.4 Å². The molecule has 1 heterocycles. The van der Waals surface area contributed by atoms with Gasteiger partial charge in [0, 0.05) is 20.8 Å². The van der Waals surface area contributed by atoms with Gasteiger partial charge >= 0.3 is 5.97 Å². The predicted octanol–water partition coefficient (Wildman–Crippen LogP) is -1.25. The lowest BCUT2D eigenvalue weighted by Crippen LogP contribution is -2.37. The summed E-state index contributed by atoms with van der Waals surface area (Å²) in [5.41, 5.74) is -0.207. The van der Waals surface area contributed by atoms with Gasteiger partial charge in [-0.15, -0.1) is 5.10 Å². The van der Waals surface area contributed by atoms with Gasteiger partial charge in [0.15, 0.2) is 5.69 Å². The standard InChI is InChI=1S/C10H16N4O5/c1-18-6-7(19-2)3-11-9(15)5-14-4-8(10(16)17)12-13-14/h4,7H,3,5-6H2,1-2H3,(H,11,15)(H,16,17). The van der Waals surface area contributed by atoms with Gasteiger partial charge in [-0.1, -0.05) is 5.21 Å². The molecule has 0 bridgehead atoms. The Bertz CT molecular complexity index is 433. The molecule has 1 atom stereocenters. The molecule has 1 aromatic rings. The first-order valence-electron chi connectivity index (χ1n) is 5.48. The van der Waals surface area contributed by atoms with Gasteiger partial charge in [-0.3, -0.25) is 4.79 Å². The lowest BCUT2D eigenvalue weighted by molar-refractivity contribution is -0.122. The molecule has 1 amide bonds. The van der Waals surface area contributed by atoms with Gasteiger partial charge < -0.3 is 19.9 Å². The summed E-state index contributed by atoms with van der Waals surface area (Å²) in [4.78, 5) is 22.2. The summed E-state index contributed by atoms with van der Waals surface area (Å²) in [7, 11) is 3.06. The average molecular weight is 272 g/mol. The third kappa shape index (κ3) is 5.02. The number of carboxylic acids is 1. The molecule has 0 fully saturated rings. The zero-order valence-electron chi connectivity index (χ0n) is 10.7.